The van der Waals surface area contributed by atoms with Gasteiger partial charge in [0.05, 0.1) is 0 Å². The zero-order chi connectivity index (χ0) is 14.4. The molecule has 0 aliphatic carbocycles. The number of carboxylic acids is 1. The summed E-state index contributed by atoms with van der Waals surface area (Å²) in [5, 5.41) is 9.35. The minimum absolute atomic E-state index is 0.0279. The second-order valence-electron chi connectivity index (χ2n) is 5.31. The lowest BCUT2D eigenvalue weighted by Gasteiger charge is -2.39. The van der Waals surface area contributed by atoms with Gasteiger partial charge in [0, 0.05) is 19.6 Å². The van der Waals surface area contributed by atoms with Gasteiger partial charge in [0.25, 0.3) is 0 Å². The Morgan fingerprint density at radius 3 is 2.58 bits per heavy atom. The highest BCUT2D eigenvalue weighted by Crippen LogP contribution is 2.24. The number of piperidine rings is 1. The Morgan fingerprint density at radius 2 is 2.05 bits per heavy atom. The summed E-state index contributed by atoms with van der Waals surface area (Å²) >= 11 is 0. The first-order valence-electron chi connectivity index (χ1n) is 7.31. The topological polar surface area (TPSA) is 60.9 Å². The molecule has 0 saturated carbocycles. The summed E-state index contributed by atoms with van der Waals surface area (Å²) in [7, 11) is 0. The molecule has 2 amide bonds. The Balaban J connectivity index is 2.78. The molecule has 0 spiro atoms. The summed E-state index contributed by atoms with van der Waals surface area (Å²) in [4.78, 5) is 27.2. The Hall–Kier alpha value is -1.26. The van der Waals surface area contributed by atoms with E-state index in [0.717, 1.165) is 25.7 Å². The molecule has 110 valence electrons. The van der Waals surface area contributed by atoms with Crippen molar-refractivity contribution in [3.63, 3.8) is 0 Å². The summed E-state index contributed by atoms with van der Waals surface area (Å²) in [6.07, 6.45) is 3.76. The van der Waals surface area contributed by atoms with Gasteiger partial charge in [0.15, 0.2) is 0 Å². The smallest absolute Gasteiger partial charge is 0.326 e. The first-order valence-corrected chi connectivity index (χ1v) is 7.31. The average molecular weight is 270 g/mol. The molecule has 0 aromatic carbocycles. The minimum atomic E-state index is -0.882. The molecule has 1 fully saturated rings. The van der Waals surface area contributed by atoms with Crippen LogP contribution in [0.4, 0.5) is 4.79 Å². The lowest BCUT2D eigenvalue weighted by atomic mass is 9.91. The van der Waals surface area contributed by atoms with E-state index in [0.29, 0.717) is 19.6 Å². The van der Waals surface area contributed by atoms with Crippen molar-refractivity contribution in [3.05, 3.63) is 0 Å². The largest absolute Gasteiger partial charge is 0.480 e. The van der Waals surface area contributed by atoms with Gasteiger partial charge in [-0.25, -0.2) is 9.59 Å². The van der Waals surface area contributed by atoms with Crippen LogP contribution >= 0.6 is 0 Å². The number of carbonyl (C=O) groups is 2. The van der Waals surface area contributed by atoms with Crippen LogP contribution in [0.25, 0.3) is 0 Å². The van der Waals surface area contributed by atoms with Gasteiger partial charge in [-0.1, -0.05) is 20.3 Å². The van der Waals surface area contributed by atoms with Crippen LogP contribution in [-0.4, -0.2) is 52.6 Å². The molecule has 5 nitrogen and oxygen atoms in total. The number of likely N-dealkylation sites (tertiary alicyclic amines) is 1. The number of aliphatic carboxylic acids is 1. The molecule has 0 bridgehead atoms. The van der Waals surface area contributed by atoms with Crippen LogP contribution in [0.15, 0.2) is 0 Å². The lowest BCUT2D eigenvalue weighted by Crippen LogP contribution is -2.56. The average Bonchev–Trinajstić information content (AvgIpc) is 2.38. The second-order valence-corrected chi connectivity index (χ2v) is 5.31. The highest BCUT2D eigenvalue weighted by molar-refractivity contribution is 5.83. The van der Waals surface area contributed by atoms with Crippen LogP contribution in [0, 0.1) is 5.92 Å². The summed E-state index contributed by atoms with van der Waals surface area (Å²) in [6.45, 7) is 7.85. The maximum absolute atomic E-state index is 12.5. The van der Waals surface area contributed by atoms with E-state index in [9.17, 15) is 14.7 Å². The fraction of sp³-hybridized carbons (Fsp3) is 0.857. The first-order chi connectivity index (χ1) is 9.02. The van der Waals surface area contributed by atoms with Crippen LogP contribution < -0.4 is 0 Å². The van der Waals surface area contributed by atoms with E-state index in [1.807, 2.05) is 13.8 Å². The Morgan fingerprint density at radius 1 is 1.37 bits per heavy atom. The molecule has 1 aliphatic heterocycles. The molecule has 1 rings (SSSR count). The molecule has 2 atom stereocenters. The Bertz CT molecular complexity index is 320. The third-order valence-corrected chi connectivity index (χ3v) is 3.87. The lowest BCUT2D eigenvalue weighted by molar-refractivity contribution is -0.145. The Kier molecular flexibility index (Phi) is 6.12. The van der Waals surface area contributed by atoms with E-state index in [-0.39, 0.29) is 11.9 Å². The van der Waals surface area contributed by atoms with Gasteiger partial charge in [0.2, 0.25) is 0 Å². The molecule has 5 heteroatoms. The zero-order valence-corrected chi connectivity index (χ0v) is 12.3. The molecule has 0 aromatic rings. The summed E-state index contributed by atoms with van der Waals surface area (Å²) in [5.74, 6) is -0.854. The number of hydrogen-bond acceptors (Lipinski definition) is 2. The van der Waals surface area contributed by atoms with Crippen molar-refractivity contribution in [2.75, 3.05) is 19.6 Å². The van der Waals surface area contributed by atoms with Crippen molar-refractivity contribution < 1.29 is 14.7 Å². The van der Waals surface area contributed by atoms with Crippen molar-refractivity contribution in [3.8, 4) is 0 Å². The van der Waals surface area contributed by atoms with Crippen molar-refractivity contribution in [2.24, 2.45) is 5.92 Å². The minimum Gasteiger partial charge on any atom is -0.480 e. The SMILES string of the molecule is CCCCN(CC)C(=O)N1CCCC(C)C1C(=O)O. The summed E-state index contributed by atoms with van der Waals surface area (Å²) < 4.78 is 0. The van der Waals surface area contributed by atoms with Gasteiger partial charge >= 0.3 is 12.0 Å². The maximum atomic E-state index is 12.5. The van der Waals surface area contributed by atoms with Crippen LogP contribution in [0.3, 0.4) is 0 Å². The van der Waals surface area contributed by atoms with Gasteiger partial charge < -0.3 is 14.9 Å². The molecule has 1 N–H and O–H groups in total. The number of rotatable bonds is 5. The number of unbranched alkanes of at least 4 members (excludes halogenated alkanes) is 1. The van der Waals surface area contributed by atoms with Gasteiger partial charge in [0.1, 0.15) is 6.04 Å². The molecule has 0 aromatic heterocycles. The van der Waals surface area contributed by atoms with Crippen LogP contribution in [0.1, 0.15) is 46.5 Å². The highest BCUT2D eigenvalue weighted by Gasteiger charge is 2.38. The molecule has 1 aliphatic rings. The van der Waals surface area contributed by atoms with E-state index >= 15 is 0 Å². The molecule has 1 saturated heterocycles. The predicted molar refractivity (Wildman–Crippen MR) is 74.1 cm³/mol. The van der Waals surface area contributed by atoms with E-state index in [4.69, 9.17) is 0 Å². The number of urea groups is 1. The molecule has 0 radical (unpaired) electrons. The van der Waals surface area contributed by atoms with E-state index < -0.39 is 12.0 Å². The fourth-order valence-electron chi connectivity index (χ4n) is 2.70. The van der Waals surface area contributed by atoms with Crippen molar-refractivity contribution in [2.45, 2.75) is 52.5 Å². The molecule has 2 unspecified atom stereocenters. The Labute approximate surface area is 115 Å². The van der Waals surface area contributed by atoms with Crippen molar-refractivity contribution >= 4 is 12.0 Å². The van der Waals surface area contributed by atoms with Gasteiger partial charge in [-0.2, -0.15) is 0 Å². The van der Waals surface area contributed by atoms with Crippen LogP contribution in [0.5, 0.6) is 0 Å². The number of hydrogen-bond donors (Lipinski definition) is 1. The van der Waals surface area contributed by atoms with Gasteiger partial charge in [-0.15, -0.1) is 0 Å². The predicted octanol–water partition coefficient (Wildman–Crippen LogP) is 2.41. The van der Waals surface area contributed by atoms with E-state index in [1.54, 1.807) is 9.80 Å². The first kappa shape index (κ1) is 15.8. The number of nitrogens with zero attached hydrogens (tertiary/aromatic N) is 2. The molecular formula is C14H26N2O3. The zero-order valence-electron chi connectivity index (χ0n) is 12.3. The fourth-order valence-corrected chi connectivity index (χ4v) is 2.70. The number of carboxylic acid groups (broad SMARTS) is 1. The third-order valence-electron chi connectivity index (χ3n) is 3.87. The van der Waals surface area contributed by atoms with Gasteiger partial charge in [-0.05, 0) is 32.1 Å². The van der Waals surface area contributed by atoms with Crippen LogP contribution in [-0.2, 0) is 4.79 Å². The van der Waals surface area contributed by atoms with E-state index in [2.05, 4.69) is 6.92 Å². The number of amides is 2. The quantitative estimate of drug-likeness (QED) is 0.834. The van der Waals surface area contributed by atoms with Crippen molar-refractivity contribution in [1.29, 1.82) is 0 Å². The molecule has 1 heterocycles. The maximum Gasteiger partial charge on any atom is 0.326 e. The van der Waals surface area contributed by atoms with Crippen LogP contribution in [0.2, 0.25) is 0 Å². The standard InChI is InChI=1S/C14H26N2O3/c1-4-6-9-15(5-2)14(19)16-10-7-8-11(3)12(16)13(17)18/h11-12H,4-10H2,1-3H3,(H,17,18). The van der Waals surface area contributed by atoms with Crippen molar-refractivity contribution in [1.82, 2.24) is 9.80 Å². The summed E-state index contributed by atoms with van der Waals surface area (Å²) in [5.41, 5.74) is 0. The summed E-state index contributed by atoms with van der Waals surface area (Å²) in [6, 6.07) is -0.785. The van der Waals surface area contributed by atoms with E-state index in [1.165, 1.54) is 0 Å². The van der Waals surface area contributed by atoms with Gasteiger partial charge in [-0.3, -0.25) is 0 Å². The molecular weight excluding hydrogens is 244 g/mol. The third kappa shape index (κ3) is 3.85. The normalized spacial score (nSPS) is 23.2. The highest BCUT2D eigenvalue weighted by atomic mass is 16.4. The second kappa shape index (κ2) is 7.36. The molecule has 19 heavy (non-hydrogen) atoms. The number of carbonyl (C=O) groups excluding carboxylic acids is 1. The monoisotopic (exact) mass is 270 g/mol.